The lowest BCUT2D eigenvalue weighted by Crippen LogP contribution is -2.52. The van der Waals surface area contributed by atoms with Crippen molar-refractivity contribution in [3.8, 4) is 0 Å². The minimum Gasteiger partial charge on any atom is -0.395 e. The number of hydrogen-bond acceptors (Lipinski definition) is 4. The van der Waals surface area contributed by atoms with Crippen molar-refractivity contribution in [3.63, 3.8) is 0 Å². The molecule has 0 bridgehead atoms. The van der Waals surface area contributed by atoms with E-state index in [1.807, 2.05) is 27.7 Å². The third kappa shape index (κ3) is 5.43. The fourth-order valence-corrected chi connectivity index (χ4v) is 4.62. The van der Waals surface area contributed by atoms with Gasteiger partial charge in [-0.1, -0.05) is 27.7 Å². The van der Waals surface area contributed by atoms with Gasteiger partial charge in [0, 0.05) is 13.1 Å². The topological polar surface area (TPSA) is 101 Å². The Hall–Kier alpha value is 0.0300. The van der Waals surface area contributed by atoms with Gasteiger partial charge in [-0.25, -0.2) is 0 Å². The summed E-state index contributed by atoms with van der Waals surface area (Å²) < 4.78 is 12.2. The number of aliphatic hydroxyl groups excluding tert-OH is 2. The van der Waals surface area contributed by atoms with E-state index in [4.69, 9.17) is 0 Å². The SMILES string of the molecule is CC(C)CC(CC(C)C)(N(CCO)CCO)P(=O)(O)O. The molecule has 0 radical (unpaired) electrons. The van der Waals surface area contributed by atoms with Crippen LogP contribution in [-0.4, -0.2) is 56.5 Å². The molecule has 0 aromatic rings. The summed E-state index contributed by atoms with van der Waals surface area (Å²) in [5, 5.41) is 17.1. The van der Waals surface area contributed by atoms with Crippen molar-refractivity contribution in [2.24, 2.45) is 11.8 Å². The van der Waals surface area contributed by atoms with Crippen molar-refractivity contribution in [3.05, 3.63) is 0 Å². The van der Waals surface area contributed by atoms with E-state index in [0.29, 0.717) is 12.8 Å². The van der Waals surface area contributed by atoms with E-state index < -0.39 is 12.9 Å². The molecule has 0 rings (SSSR count). The molecule has 0 aromatic carbocycles. The Kier molecular flexibility index (Phi) is 8.48. The maximum absolute atomic E-state index is 12.2. The van der Waals surface area contributed by atoms with E-state index >= 15 is 0 Å². The van der Waals surface area contributed by atoms with Gasteiger partial charge in [0.1, 0.15) is 5.28 Å². The van der Waals surface area contributed by atoms with E-state index in [9.17, 15) is 24.6 Å². The molecule has 0 amide bonds. The smallest absolute Gasteiger partial charge is 0.345 e. The quantitative estimate of drug-likeness (QED) is 0.453. The fraction of sp³-hybridized carbons (Fsp3) is 1.00. The van der Waals surface area contributed by atoms with Gasteiger partial charge in [-0.2, -0.15) is 0 Å². The standard InChI is InChI=1S/C13H30NO5P/c1-11(2)9-13(10-12(3)4,20(17,18)19)14(5-7-15)6-8-16/h11-12,15-16H,5-10H2,1-4H3,(H2,17,18,19). The maximum atomic E-state index is 12.2. The Morgan fingerprint density at radius 1 is 0.950 bits per heavy atom. The summed E-state index contributed by atoms with van der Waals surface area (Å²) in [5.74, 6) is 0.197. The van der Waals surface area contributed by atoms with Crippen LogP contribution in [0.3, 0.4) is 0 Å². The molecule has 0 aliphatic heterocycles. The molecule has 7 heteroatoms. The van der Waals surface area contributed by atoms with Crippen molar-refractivity contribution >= 4 is 7.60 Å². The fourth-order valence-electron chi connectivity index (χ4n) is 2.84. The molecule has 4 N–H and O–H groups in total. The van der Waals surface area contributed by atoms with Crippen molar-refractivity contribution < 1.29 is 24.6 Å². The molecule has 0 spiro atoms. The first-order valence-electron chi connectivity index (χ1n) is 7.13. The van der Waals surface area contributed by atoms with Crippen LogP contribution < -0.4 is 0 Å². The van der Waals surface area contributed by atoms with Crippen LogP contribution in [0.25, 0.3) is 0 Å². The predicted molar refractivity (Wildman–Crippen MR) is 79.4 cm³/mol. The lowest BCUT2D eigenvalue weighted by molar-refractivity contribution is 0.0549. The number of hydrogen-bond donors (Lipinski definition) is 4. The molecule has 0 atom stereocenters. The Balaban J connectivity index is 5.71. The van der Waals surface area contributed by atoms with E-state index in [0.717, 1.165) is 0 Å². The summed E-state index contributed by atoms with van der Waals surface area (Å²) in [6.45, 7) is 7.56. The van der Waals surface area contributed by atoms with Crippen molar-refractivity contribution in [2.45, 2.75) is 45.8 Å². The van der Waals surface area contributed by atoms with Gasteiger partial charge < -0.3 is 20.0 Å². The lowest BCUT2D eigenvalue weighted by atomic mass is 9.93. The first kappa shape index (κ1) is 20.0. The molecule has 0 unspecified atom stereocenters. The summed E-state index contributed by atoms with van der Waals surface area (Å²) >= 11 is 0. The van der Waals surface area contributed by atoms with Gasteiger partial charge >= 0.3 is 7.60 Å². The normalized spacial score (nSPS) is 13.8. The van der Waals surface area contributed by atoms with Gasteiger partial charge in [-0.15, -0.1) is 0 Å². The van der Waals surface area contributed by atoms with Crippen LogP contribution in [0.15, 0.2) is 0 Å². The van der Waals surface area contributed by atoms with Gasteiger partial charge in [0.25, 0.3) is 0 Å². The molecule has 6 nitrogen and oxygen atoms in total. The second-order valence-electron chi connectivity index (χ2n) is 6.16. The van der Waals surface area contributed by atoms with Crippen LogP contribution in [0, 0.1) is 11.8 Å². The van der Waals surface area contributed by atoms with Gasteiger partial charge in [0.05, 0.1) is 13.2 Å². The van der Waals surface area contributed by atoms with E-state index in [2.05, 4.69) is 0 Å². The summed E-state index contributed by atoms with van der Waals surface area (Å²) in [6.07, 6.45) is 0.658. The van der Waals surface area contributed by atoms with Gasteiger partial charge in [-0.3, -0.25) is 9.46 Å². The molecule has 122 valence electrons. The van der Waals surface area contributed by atoms with E-state index in [-0.39, 0.29) is 38.1 Å². The molecule has 0 aliphatic rings. The molecule has 0 saturated carbocycles. The number of rotatable bonds is 10. The Bertz CT molecular complexity index is 300. The number of nitrogens with zero attached hydrogens (tertiary/aromatic N) is 1. The number of aliphatic hydroxyl groups is 2. The molecule has 0 heterocycles. The molecule has 0 aromatic heterocycles. The third-order valence-electron chi connectivity index (χ3n) is 3.34. The van der Waals surface area contributed by atoms with Gasteiger partial charge in [0.15, 0.2) is 0 Å². The molecular weight excluding hydrogens is 281 g/mol. The minimum absolute atomic E-state index is 0.0984. The highest BCUT2D eigenvalue weighted by atomic mass is 31.2. The zero-order valence-corrected chi connectivity index (χ0v) is 13.9. The minimum atomic E-state index is -4.43. The zero-order chi connectivity index (χ0) is 16.0. The highest BCUT2D eigenvalue weighted by molar-refractivity contribution is 7.53. The Morgan fingerprint density at radius 3 is 1.50 bits per heavy atom. The monoisotopic (exact) mass is 311 g/mol. The highest BCUT2D eigenvalue weighted by Gasteiger charge is 2.51. The predicted octanol–water partition coefficient (Wildman–Crippen LogP) is 1.24. The second kappa shape index (κ2) is 8.47. The second-order valence-corrected chi connectivity index (χ2v) is 8.08. The van der Waals surface area contributed by atoms with Crippen LogP contribution >= 0.6 is 7.60 Å². The molecule has 20 heavy (non-hydrogen) atoms. The first-order valence-corrected chi connectivity index (χ1v) is 8.74. The van der Waals surface area contributed by atoms with Gasteiger partial charge in [-0.05, 0) is 24.7 Å². The van der Waals surface area contributed by atoms with Crippen molar-refractivity contribution in [1.29, 1.82) is 0 Å². The van der Waals surface area contributed by atoms with Crippen LogP contribution in [0.1, 0.15) is 40.5 Å². The molecular formula is C13H30NO5P. The average molecular weight is 311 g/mol. The highest BCUT2D eigenvalue weighted by Crippen LogP contribution is 2.58. The molecule has 0 fully saturated rings. The third-order valence-corrected chi connectivity index (χ3v) is 5.07. The van der Waals surface area contributed by atoms with Crippen molar-refractivity contribution in [2.75, 3.05) is 26.3 Å². The Morgan fingerprint density at radius 2 is 1.30 bits per heavy atom. The molecule has 0 saturated heterocycles. The van der Waals surface area contributed by atoms with Crippen molar-refractivity contribution in [1.82, 2.24) is 4.90 Å². The van der Waals surface area contributed by atoms with Crippen LogP contribution in [0.5, 0.6) is 0 Å². The zero-order valence-electron chi connectivity index (χ0n) is 13.0. The lowest BCUT2D eigenvalue weighted by Gasteiger charge is -2.45. The summed E-state index contributed by atoms with van der Waals surface area (Å²) in [7, 11) is -4.43. The van der Waals surface area contributed by atoms with E-state index in [1.165, 1.54) is 0 Å². The average Bonchev–Trinajstić information content (AvgIpc) is 2.24. The van der Waals surface area contributed by atoms with Crippen LogP contribution in [0.2, 0.25) is 0 Å². The summed E-state index contributed by atoms with van der Waals surface area (Å²) in [6, 6.07) is 0. The summed E-state index contributed by atoms with van der Waals surface area (Å²) in [4.78, 5) is 21.5. The first-order chi connectivity index (χ1) is 9.10. The summed E-state index contributed by atoms with van der Waals surface area (Å²) in [5.41, 5.74) is 0. The Labute approximate surface area is 122 Å². The largest absolute Gasteiger partial charge is 0.395 e. The van der Waals surface area contributed by atoms with Gasteiger partial charge in [0.2, 0.25) is 0 Å². The van der Waals surface area contributed by atoms with Crippen LogP contribution in [0.4, 0.5) is 0 Å². The van der Waals surface area contributed by atoms with E-state index in [1.54, 1.807) is 4.90 Å². The maximum Gasteiger partial charge on any atom is 0.345 e. The molecule has 0 aliphatic carbocycles. The van der Waals surface area contributed by atoms with Crippen LogP contribution in [-0.2, 0) is 4.57 Å².